The summed E-state index contributed by atoms with van der Waals surface area (Å²) in [6.45, 7) is 6.64. The van der Waals surface area contributed by atoms with E-state index in [0.717, 1.165) is 5.92 Å². The molecule has 0 spiro atoms. The summed E-state index contributed by atoms with van der Waals surface area (Å²) in [7, 11) is 0. The van der Waals surface area contributed by atoms with Crippen molar-refractivity contribution >= 4 is 0 Å². The van der Waals surface area contributed by atoms with Gasteiger partial charge >= 0.3 is 0 Å². The van der Waals surface area contributed by atoms with Gasteiger partial charge in [0.25, 0.3) is 0 Å². The van der Waals surface area contributed by atoms with E-state index < -0.39 is 0 Å². The van der Waals surface area contributed by atoms with E-state index >= 15 is 0 Å². The number of unbranched alkanes of at least 4 members (excludes halogenated alkanes) is 2. The lowest BCUT2D eigenvalue weighted by Crippen LogP contribution is -2.26. The Morgan fingerprint density at radius 3 is 2.08 bits per heavy atom. The maximum Gasteiger partial charge on any atom is 0.00387 e. The summed E-state index contributed by atoms with van der Waals surface area (Å²) in [6, 6.07) is 0.391. The normalized spacial score (nSPS) is 16.0. The summed E-state index contributed by atoms with van der Waals surface area (Å²) in [5, 5.41) is 0. The second-order valence-corrected chi connectivity index (χ2v) is 3.90. The SMILES string of the molecule is CCCCCC(CCC)C(C)N. The average molecular weight is 171 g/mol. The Bertz CT molecular complexity index is 89.0. The highest BCUT2D eigenvalue weighted by molar-refractivity contribution is 4.67. The van der Waals surface area contributed by atoms with Crippen LogP contribution in [0.15, 0.2) is 0 Å². The Morgan fingerprint density at radius 2 is 1.67 bits per heavy atom. The molecule has 0 aromatic carbocycles. The molecular weight excluding hydrogens is 146 g/mol. The van der Waals surface area contributed by atoms with Crippen LogP contribution >= 0.6 is 0 Å². The van der Waals surface area contributed by atoms with Crippen molar-refractivity contribution in [2.75, 3.05) is 0 Å². The first-order valence-electron chi connectivity index (χ1n) is 5.47. The van der Waals surface area contributed by atoms with E-state index in [1.54, 1.807) is 0 Å². The standard InChI is InChI=1S/C11H25N/c1-4-6-7-9-11(8-5-2)10(3)12/h10-11H,4-9,12H2,1-3H3. The Labute approximate surface area is 77.7 Å². The summed E-state index contributed by atoms with van der Waals surface area (Å²) >= 11 is 0. The first-order chi connectivity index (χ1) is 5.72. The zero-order valence-corrected chi connectivity index (χ0v) is 8.97. The van der Waals surface area contributed by atoms with Crippen molar-refractivity contribution in [1.29, 1.82) is 0 Å². The van der Waals surface area contributed by atoms with E-state index in [2.05, 4.69) is 20.8 Å². The smallest absolute Gasteiger partial charge is 0.00387 e. The van der Waals surface area contributed by atoms with Gasteiger partial charge in [0.1, 0.15) is 0 Å². The Hall–Kier alpha value is -0.0400. The largest absolute Gasteiger partial charge is 0.328 e. The van der Waals surface area contributed by atoms with Gasteiger partial charge in [-0.25, -0.2) is 0 Å². The molecule has 0 aliphatic rings. The van der Waals surface area contributed by atoms with Gasteiger partial charge in [-0.3, -0.25) is 0 Å². The summed E-state index contributed by atoms with van der Waals surface area (Å²) in [4.78, 5) is 0. The predicted octanol–water partition coefficient (Wildman–Crippen LogP) is 3.33. The molecule has 0 aliphatic heterocycles. The molecule has 2 unspecified atom stereocenters. The molecule has 0 radical (unpaired) electrons. The second kappa shape index (κ2) is 7.60. The van der Waals surface area contributed by atoms with E-state index in [4.69, 9.17) is 5.73 Å². The van der Waals surface area contributed by atoms with Gasteiger partial charge in [0, 0.05) is 6.04 Å². The van der Waals surface area contributed by atoms with Crippen molar-refractivity contribution in [3.8, 4) is 0 Å². The highest BCUT2D eigenvalue weighted by atomic mass is 14.6. The molecule has 0 fully saturated rings. The molecular formula is C11H25N. The minimum atomic E-state index is 0.391. The molecule has 12 heavy (non-hydrogen) atoms. The van der Waals surface area contributed by atoms with Crippen LogP contribution in [0.25, 0.3) is 0 Å². The highest BCUT2D eigenvalue weighted by Crippen LogP contribution is 2.17. The lowest BCUT2D eigenvalue weighted by molar-refractivity contribution is 0.368. The Morgan fingerprint density at radius 1 is 1.00 bits per heavy atom. The second-order valence-electron chi connectivity index (χ2n) is 3.90. The van der Waals surface area contributed by atoms with Crippen LogP contribution in [0.1, 0.15) is 59.3 Å². The molecule has 0 saturated heterocycles. The maximum absolute atomic E-state index is 5.90. The molecule has 0 aromatic heterocycles. The Kier molecular flexibility index (Phi) is 7.58. The summed E-state index contributed by atoms with van der Waals surface area (Å²) in [5.41, 5.74) is 5.90. The molecule has 1 heteroatoms. The van der Waals surface area contributed by atoms with E-state index in [-0.39, 0.29) is 0 Å². The van der Waals surface area contributed by atoms with Gasteiger partial charge in [0.05, 0.1) is 0 Å². The highest BCUT2D eigenvalue weighted by Gasteiger charge is 2.11. The number of hydrogen-bond donors (Lipinski definition) is 1. The van der Waals surface area contributed by atoms with Crippen molar-refractivity contribution in [3.63, 3.8) is 0 Å². The molecule has 1 nitrogen and oxygen atoms in total. The van der Waals surface area contributed by atoms with Crippen LogP contribution in [-0.4, -0.2) is 6.04 Å². The molecule has 0 heterocycles. The summed E-state index contributed by atoms with van der Waals surface area (Å²) < 4.78 is 0. The third-order valence-electron chi connectivity index (χ3n) is 2.58. The van der Waals surface area contributed by atoms with E-state index in [1.807, 2.05) is 0 Å². The van der Waals surface area contributed by atoms with E-state index in [0.29, 0.717) is 6.04 Å². The van der Waals surface area contributed by atoms with Crippen molar-refractivity contribution < 1.29 is 0 Å². The number of nitrogens with two attached hydrogens (primary N) is 1. The van der Waals surface area contributed by atoms with Gasteiger partial charge in [0.15, 0.2) is 0 Å². The molecule has 0 bridgehead atoms. The lowest BCUT2D eigenvalue weighted by atomic mass is 9.91. The summed E-state index contributed by atoms with van der Waals surface area (Å²) in [6.07, 6.45) is 7.96. The fourth-order valence-corrected chi connectivity index (χ4v) is 1.70. The topological polar surface area (TPSA) is 26.0 Å². The molecule has 74 valence electrons. The number of hydrogen-bond acceptors (Lipinski definition) is 1. The monoisotopic (exact) mass is 171 g/mol. The van der Waals surface area contributed by atoms with Gasteiger partial charge < -0.3 is 5.73 Å². The first-order valence-corrected chi connectivity index (χ1v) is 5.47. The maximum atomic E-state index is 5.90. The molecule has 2 N–H and O–H groups in total. The summed E-state index contributed by atoms with van der Waals surface area (Å²) in [5.74, 6) is 0.765. The van der Waals surface area contributed by atoms with Crippen molar-refractivity contribution in [3.05, 3.63) is 0 Å². The zero-order valence-electron chi connectivity index (χ0n) is 8.97. The van der Waals surface area contributed by atoms with Crippen molar-refractivity contribution in [1.82, 2.24) is 0 Å². The van der Waals surface area contributed by atoms with Crippen LogP contribution in [0.3, 0.4) is 0 Å². The third-order valence-corrected chi connectivity index (χ3v) is 2.58. The van der Waals surface area contributed by atoms with E-state index in [9.17, 15) is 0 Å². The van der Waals surface area contributed by atoms with Gasteiger partial charge in [0.2, 0.25) is 0 Å². The Balaban J connectivity index is 3.49. The predicted molar refractivity (Wildman–Crippen MR) is 56.2 cm³/mol. The minimum absolute atomic E-state index is 0.391. The third kappa shape index (κ3) is 5.59. The molecule has 0 rings (SSSR count). The van der Waals surface area contributed by atoms with Crippen LogP contribution < -0.4 is 5.73 Å². The van der Waals surface area contributed by atoms with Crippen LogP contribution in [0.4, 0.5) is 0 Å². The van der Waals surface area contributed by atoms with Gasteiger partial charge in [-0.1, -0.05) is 39.5 Å². The minimum Gasteiger partial charge on any atom is -0.328 e. The van der Waals surface area contributed by atoms with Crippen LogP contribution in [0, 0.1) is 5.92 Å². The van der Waals surface area contributed by atoms with Crippen molar-refractivity contribution in [2.24, 2.45) is 11.7 Å². The molecule has 0 saturated carbocycles. The van der Waals surface area contributed by atoms with Crippen molar-refractivity contribution in [2.45, 2.75) is 65.3 Å². The van der Waals surface area contributed by atoms with Crippen LogP contribution in [0.5, 0.6) is 0 Å². The molecule has 0 aliphatic carbocycles. The van der Waals surface area contributed by atoms with Gasteiger partial charge in [-0.05, 0) is 25.7 Å². The zero-order chi connectivity index (χ0) is 9.40. The molecule has 0 aromatic rings. The molecule has 0 amide bonds. The fourth-order valence-electron chi connectivity index (χ4n) is 1.70. The van der Waals surface area contributed by atoms with Crippen LogP contribution in [0.2, 0.25) is 0 Å². The van der Waals surface area contributed by atoms with E-state index in [1.165, 1.54) is 38.5 Å². The quantitative estimate of drug-likeness (QED) is 0.584. The first kappa shape index (κ1) is 12.0. The van der Waals surface area contributed by atoms with Crippen LogP contribution in [-0.2, 0) is 0 Å². The fraction of sp³-hybridized carbons (Fsp3) is 1.00. The van der Waals surface area contributed by atoms with Gasteiger partial charge in [-0.2, -0.15) is 0 Å². The lowest BCUT2D eigenvalue weighted by Gasteiger charge is -2.19. The number of rotatable bonds is 7. The average Bonchev–Trinajstić information content (AvgIpc) is 2.03. The van der Waals surface area contributed by atoms with Gasteiger partial charge in [-0.15, -0.1) is 0 Å². The molecule has 2 atom stereocenters.